The zero-order valence-electron chi connectivity index (χ0n) is 8.80. The highest BCUT2D eigenvalue weighted by Crippen LogP contribution is 2.13. The van der Waals surface area contributed by atoms with Crippen molar-refractivity contribution in [1.82, 2.24) is 12.9 Å². The highest BCUT2D eigenvalue weighted by atomic mass is 32.2. The average molecular weight is 239 g/mol. The van der Waals surface area contributed by atoms with E-state index in [1.54, 1.807) is 26.0 Å². The van der Waals surface area contributed by atoms with Crippen LogP contribution in [0.25, 0.3) is 0 Å². The zero-order valence-corrected chi connectivity index (χ0v) is 10.4. The number of piperazine rings is 1. The van der Waals surface area contributed by atoms with E-state index in [0.29, 0.717) is 13.1 Å². The molecule has 0 aromatic rings. The van der Waals surface area contributed by atoms with Gasteiger partial charge in [0.2, 0.25) is 0 Å². The number of hydrogen-bond acceptors (Lipinski definition) is 4. The maximum atomic E-state index is 11.7. The van der Waals surface area contributed by atoms with Crippen LogP contribution < -0.4 is 0 Å². The van der Waals surface area contributed by atoms with E-state index < -0.39 is 10.2 Å². The summed E-state index contributed by atoms with van der Waals surface area (Å²) in [6, 6.07) is 0. The van der Waals surface area contributed by atoms with Crippen LogP contribution in [0.4, 0.5) is 0 Å². The molecule has 1 saturated heterocycles. The fourth-order valence-corrected chi connectivity index (χ4v) is 2.93. The van der Waals surface area contributed by atoms with Gasteiger partial charge in [0.1, 0.15) is 0 Å². The molecule has 0 aromatic carbocycles. The van der Waals surface area contributed by atoms with Crippen LogP contribution in [0.3, 0.4) is 0 Å². The molecule has 0 aliphatic carbocycles. The number of nitrogens with zero attached hydrogens (tertiary/aromatic N) is 3. The van der Waals surface area contributed by atoms with E-state index >= 15 is 0 Å². The molecule has 0 radical (unpaired) electrons. The van der Waals surface area contributed by atoms with Crippen molar-refractivity contribution < 1.29 is 8.42 Å². The van der Waals surface area contributed by atoms with Crippen LogP contribution in [-0.4, -0.2) is 67.9 Å². The zero-order chi connectivity index (χ0) is 10.8. The molecule has 1 heterocycles. The summed E-state index contributed by atoms with van der Waals surface area (Å²) in [5.74, 6) is 0. The first-order valence-electron chi connectivity index (χ1n) is 4.45. The molecule has 0 bridgehead atoms. The molecule has 1 aliphatic heterocycles. The van der Waals surface area contributed by atoms with Gasteiger partial charge in [-0.25, -0.2) is 4.31 Å². The summed E-state index contributed by atoms with van der Waals surface area (Å²) >= 11 is 1.67. The number of hydrogen-bond donors (Lipinski definition) is 0. The average Bonchev–Trinajstić information content (AvgIpc) is 2.17. The van der Waals surface area contributed by atoms with Gasteiger partial charge in [0.25, 0.3) is 10.2 Å². The van der Waals surface area contributed by atoms with Gasteiger partial charge in [0, 0.05) is 40.3 Å². The van der Waals surface area contributed by atoms with Crippen molar-refractivity contribution in [2.24, 2.45) is 0 Å². The van der Waals surface area contributed by atoms with Crippen molar-refractivity contribution in [2.75, 3.05) is 46.5 Å². The highest BCUT2D eigenvalue weighted by Gasteiger charge is 2.27. The van der Waals surface area contributed by atoms with E-state index in [1.165, 1.54) is 8.61 Å². The van der Waals surface area contributed by atoms with E-state index in [4.69, 9.17) is 0 Å². The Bertz CT molecular complexity index is 271. The predicted molar refractivity (Wildman–Crippen MR) is 59.3 cm³/mol. The molecule has 1 aliphatic rings. The second-order valence-electron chi connectivity index (χ2n) is 3.30. The van der Waals surface area contributed by atoms with Crippen LogP contribution in [0.2, 0.25) is 0 Å². The molecule has 0 spiro atoms. The standard InChI is InChI=1S/C7H17N3O2S2/c1-8(2)14(11,12)10-6-4-9(13-3)5-7-10/h4-7H2,1-3H3. The highest BCUT2D eigenvalue weighted by molar-refractivity contribution is 7.96. The fraction of sp³-hybridized carbons (Fsp3) is 1.00. The molecule has 0 saturated carbocycles. The van der Waals surface area contributed by atoms with Crippen LogP contribution in [0, 0.1) is 0 Å². The largest absolute Gasteiger partial charge is 0.281 e. The van der Waals surface area contributed by atoms with Gasteiger partial charge in [-0.15, -0.1) is 0 Å². The van der Waals surface area contributed by atoms with Crippen molar-refractivity contribution >= 4 is 22.2 Å². The van der Waals surface area contributed by atoms with E-state index in [1.807, 2.05) is 6.26 Å². The first kappa shape index (κ1) is 12.3. The number of rotatable bonds is 3. The Morgan fingerprint density at radius 3 is 2.00 bits per heavy atom. The van der Waals surface area contributed by atoms with E-state index in [9.17, 15) is 8.42 Å². The second-order valence-corrected chi connectivity index (χ2v) is 6.32. The summed E-state index contributed by atoms with van der Waals surface area (Å²) in [4.78, 5) is 0. The van der Waals surface area contributed by atoms with Gasteiger partial charge in [0.15, 0.2) is 0 Å². The summed E-state index contributed by atoms with van der Waals surface area (Å²) in [7, 11) is -0.0694. The van der Waals surface area contributed by atoms with Crippen molar-refractivity contribution in [2.45, 2.75) is 0 Å². The molecule has 1 fully saturated rings. The van der Waals surface area contributed by atoms with E-state index in [2.05, 4.69) is 4.31 Å². The van der Waals surface area contributed by atoms with Crippen LogP contribution in [0.15, 0.2) is 0 Å². The van der Waals surface area contributed by atoms with Crippen LogP contribution >= 0.6 is 11.9 Å². The van der Waals surface area contributed by atoms with E-state index in [0.717, 1.165) is 13.1 Å². The molecule has 0 unspecified atom stereocenters. The van der Waals surface area contributed by atoms with Gasteiger partial charge >= 0.3 is 0 Å². The summed E-state index contributed by atoms with van der Waals surface area (Å²) in [6.45, 7) is 2.77. The van der Waals surface area contributed by atoms with Gasteiger partial charge in [-0.2, -0.15) is 17.0 Å². The van der Waals surface area contributed by atoms with Gasteiger partial charge in [0.05, 0.1) is 0 Å². The molecule has 0 amide bonds. The summed E-state index contributed by atoms with van der Waals surface area (Å²) in [5.41, 5.74) is 0. The Morgan fingerprint density at radius 1 is 1.14 bits per heavy atom. The minimum Gasteiger partial charge on any atom is -0.248 e. The third kappa shape index (κ3) is 2.60. The Balaban J connectivity index is 2.58. The Labute approximate surface area is 90.4 Å². The van der Waals surface area contributed by atoms with Crippen molar-refractivity contribution in [3.63, 3.8) is 0 Å². The molecule has 84 valence electrons. The van der Waals surface area contributed by atoms with Crippen LogP contribution in [0.5, 0.6) is 0 Å². The molecule has 0 atom stereocenters. The lowest BCUT2D eigenvalue weighted by atomic mass is 10.4. The summed E-state index contributed by atoms with van der Waals surface area (Å²) < 4.78 is 28.4. The third-order valence-corrected chi connectivity index (χ3v) is 5.07. The Morgan fingerprint density at radius 2 is 1.64 bits per heavy atom. The Hall–Kier alpha value is 0.180. The molecule has 5 nitrogen and oxygen atoms in total. The van der Waals surface area contributed by atoms with Gasteiger partial charge in [-0.1, -0.05) is 11.9 Å². The van der Waals surface area contributed by atoms with Gasteiger partial charge in [-0.3, -0.25) is 0 Å². The molecule has 1 rings (SSSR count). The lowest BCUT2D eigenvalue weighted by Gasteiger charge is -2.33. The van der Waals surface area contributed by atoms with Crippen molar-refractivity contribution in [1.29, 1.82) is 0 Å². The second kappa shape index (κ2) is 4.80. The molecule has 0 N–H and O–H groups in total. The molecular weight excluding hydrogens is 222 g/mol. The third-order valence-electron chi connectivity index (χ3n) is 2.24. The lowest BCUT2D eigenvalue weighted by molar-refractivity contribution is 0.277. The predicted octanol–water partition coefficient (Wildman–Crippen LogP) is -0.312. The fourth-order valence-electron chi connectivity index (χ4n) is 1.31. The van der Waals surface area contributed by atoms with Gasteiger partial charge in [-0.05, 0) is 6.26 Å². The molecule has 7 heteroatoms. The quantitative estimate of drug-likeness (QED) is 0.634. The summed E-state index contributed by atoms with van der Waals surface area (Å²) in [6.07, 6.45) is 2.01. The van der Waals surface area contributed by atoms with Crippen LogP contribution in [0.1, 0.15) is 0 Å². The molecule has 14 heavy (non-hydrogen) atoms. The SMILES string of the molecule is CSN1CCN(S(=O)(=O)N(C)C)CC1. The van der Waals surface area contributed by atoms with Gasteiger partial charge < -0.3 is 0 Å². The maximum Gasteiger partial charge on any atom is 0.281 e. The minimum atomic E-state index is -3.20. The lowest BCUT2D eigenvalue weighted by Crippen LogP contribution is -2.49. The molecule has 0 aromatic heterocycles. The topological polar surface area (TPSA) is 43.9 Å². The van der Waals surface area contributed by atoms with Crippen molar-refractivity contribution in [3.05, 3.63) is 0 Å². The summed E-state index contributed by atoms with van der Waals surface area (Å²) in [5, 5.41) is 0. The maximum absolute atomic E-state index is 11.7. The van der Waals surface area contributed by atoms with Crippen LogP contribution in [-0.2, 0) is 10.2 Å². The first-order valence-corrected chi connectivity index (χ1v) is 7.03. The minimum absolute atomic E-state index is 0.585. The Kier molecular flexibility index (Phi) is 4.20. The monoisotopic (exact) mass is 239 g/mol. The smallest absolute Gasteiger partial charge is 0.248 e. The normalized spacial score (nSPS) is 21.7. The van der Waals surface area contributed by atoms with Crippen molar-refractivity contribution in [3.8, 4) is 0 Å². The molecular formula is C7H17N3O2S2. The van der Waals surface area contributed by atoms with E-state index in [-0.39, 0.29) is 0 Å². The first-order chi connectivity index (χ1) is 6.48.